The van der Waals surface area contributed by atoms with E-state index in [1.165, 1.54) is 18.4 Å². The van der Waals surface area contributed by atoms with Gasteiger partial charge in [0.2, 0.25) is 5.91 Å². The Balaban J connectivity index is 2.17. The molecule has 1 N–H and O–H groups in total. The minimum absolute atomic E-state index is 0.00678. The number of piperidine rings is 1. The number of carbonyl (C=O) groups excluding carboxylic acids is 1. The first-order valence-electron chi connectivity index (χ1n) is 7.83. The van der Waals surface area contributed by atoms with Crippen LogP contribution < -0.4 is 10.2 Å². The summed E-state index contributed by atoms with van der Waals surface area (Å²) < 4.78 is 0. The van der Waals surface area contributed by atoms with Gasteiger partial charge in [0.25, 0.3) is 0 Å². The number of aryl methyl sites for hydroxylation is 1. The molecule has 0 aromatic heterocycles. The third-order valence-electron chi connectivity index (χ3n) is 4.32. The standard InChI is InChI=1S/C17H27N3O/c1-5-14-6-7-17(16(12-14)18-13(2)21)20-10-8-15(9-11-20)19(3)4/h6-7,12,15H,5,8-11H2,1-4H3,(H,18,21). The quantitative estimate of drug-likeness (QED) is 0.926. The highest BCUT2D eigenvalue weighted by Gasteiger charge is 2.22. The summed E-state index contributed by atoms with van der Waals surface area (Å²) in [5.41, 5.74) is 3.36. The number of amides is 1. The molecule has 1 amide bonds. The molecule has 1 saturated heterocycles. The maximum absolute atomic E-state index is 11.5. The predicted octanol–water partition coefficient (Wildman–Crippen LogP) is 2.74. The van der Waals surface area contributed by atoms with Crippen LogP contribution in [0.5, 0.6) is 0 Å². The smallest absolute Gasteiger partial charge is 0.221 e. The molecule has 116 valence electrons. The van der Waals surface area contributed by atoms with Crippen molar-refractivity contribution in [2.45, 2.75) is 39.2 Å². The Bertz CT molecular complexity index is 491. The van der Waals surface area contributed by atoms with Crippen molar-refractivity contribution in [3.63, 3.8) is 0 Å². The van der Waals surface area contributed by atoms with E-state index in [1.807, 2.05) is 0 Å². The molecule has 0 bridgehead atoms. The second kappa shape index (κ2) is 6.94. The van der Waals surface area contributed by atoms with E-state index < -0.39 is 0 Å². The second-order valence-electron chi connectivity index (χ2n) is 6.07. The van der Waals surface area contributed by atoms with Crippen LogP contribution in [0.15, 0.2) is 18.2 Å². The van der Waals surface area contributed by atoms with Crippen molar-refractivity contribution in [2.75, 3.05) is 37.4 Å². The Hall–Kier alpha value is -1.55. The molecule has 1 aromatic rings. The highest BCUT2D eigenvalue weighted by atomic mass is 16.1. The lowest BCUT2D eigenvalue weighted by Crippen LogP contribution is -2.42. The molecule has 0 unspecified atom stereocenters. The van der Waals surface area contributed by atoms with Gasteiger partial charge < -0.3 is 15.1 Å². The van der Waals surface area contributed by atoms with Gasteiger partial charge in [-0.15, -0.1) is 0 Å². The third kappa shape index (κ3) is 3.97. The summed E-state index contributed by atoms with van der Waals surface area (Å²) in [7, 11) is 4.30. The first-order valence-corrected chi connectivity index (χ1v) is 7.83. The molecule has 0 saturated carbocycles. The van der Waals surface area contributed by atoms with Gasteiger partial charge in [-0.1, -0.05) is 13.0 Å². The summed E-state index contributed by atoms with van der Waals surface area (Å²) in [6.45, 7) is 5.79. The van der Waals surface area contributed by atoms with Gasteiger partial charge in [-0.3, -0.25) is 4.79 Å². The number of nitrogens with one attached hydrogen (secondary N) is 1. The second-order valence-corrected chi connectivity index (χ2v) is 6.07. The van der Waals surface area contributed by atoms with Crippen LogP contribution in [0.3, 0.4) is 0 Å². The van der Waals surface area contributed by atoms with Crippen molar-refractivity contribution in [2.24, 2.45) is 0 Å². The van der Waals surface area contributed by atoms with E-state index in [4.69, 9.17) is 0 Å². The van der Waals surface area contributed by atoms with Gasteiger partial charge in [-0.25, -0.2) is 0 Å². The normalized spacial score (nSPS) is 16.3. The zero-order valence-corrected chi connectivity index (χ0v) is 13.6. The molecule has 1 fully saturated rings. The Morgan fingerprint density at radius 2 is 2.00 bits per heavy atom. The van der Waals surface area contributed by atoms with E-state index in [2.05, 4.69) is 54.3 Å². The van der Waals surface area contributed by atoms with Gasteiger partial charge >= 0.3 is 0 Å². The first kappa shape index (κ1) is 15.8. The number of benzene rings is 1. The summed E-state index contributed by atoms with van der Waals surface area (Å²) in [5.74, 6) is -0.00678. The molecular formula is C17H27N3O. The number of anilines is 2. The number of carbonyl (C=O) groups is 1. The predicted molar refractivity (Wildman–Crippen MR) is 89.0 cm³/mol. The average Bonchev–Trinajstić information content (AvgIpc) is 2.46. The molecule has 1 aliphatic rings. The summed E-state index contributed by atoms with van der Waals surface area (Å²) in [5, 5.41) is 2.99. The molecule has 2 rings (SSSR count). The number of nitrogens with zero attached hydrogens (tertiary/aromatic N) is 2. The molecule has 0 spiro atoms. The van der Waals surface area contributed by atoms with E-state index in [0.29, 0.717) is 6.04 Å². The zero-order valence-electron chi connectivity index (χ0n) is 13.6. The molecular weight excluding hydrogens is 262 g/mol. The Morgan fingerprint density at radius 1 is 1.33 bits per heavy atom. The topological polar surface area (TPSA) is 35.6 Å². The number of hydrogen-bond acceptors (Lipinski definition) is 3. The van der Waals surface area contributed by atoms with Crippen molar-refractivity contribution in [1.29, 1.82) is 0 Å². The van der Waals surface area contributed by atoms with Crippen LogP contribution in [-0.4, -0.2) is 44.0 Å². The largest absolute Gasteiger partial charge is 0.370 e. The Kier molecular flexibility index (Phi) is 5.23. The highest BCUT2D eigenvalue weighted by Crippen LogP contribution is 2.30. The van der Waals surface area contributed by atoms with E-state index in [1.54, 1.807) is 6.92 Å². The fourth-order valence-electron chi connectivity index (χ4n) is 2.99. The van der Waals surface area contributed by atoms with Crippen LogP contribution in [0.1, 0.15) is 32.3 Å². The summed E-state index contributed by atoms with van der Waals surface area (Å²) >= 11 is 0. The van der Waals surface area contributed by atoms with Gasteiger partial charge in [-0.05, 0) is 51.1 Å². The first-order chi connectivity index (χ1) is 10.0. The van der Waals surface area contributed by atoms with Crippen LogP contribution in [0, 0.1) is 0 Å². The zero-order chi connectivity index (χ0) is 15.4. The Morgan fingerprint density at radius 3 is 2.52 bits per heavy atom. The highest BCUT2D eigenvalue weighted by molar-refractivity contribution is 5.93. The fraction of sp³-hybridized carbons (Fsp3) is 0.588. The van der Waals surface area contributed by atoms with Crippen LogP contribution >= 0.6 is 0 Å². The molecule has 4 nitrogen and oxygen atoms in total. The van der Waals surface area contributed by atoms with Crippen LogP contribution in [0.4, 0.5) is 11.4 Å². The van der Waals surface area contributed by atoms with Crippen molar-refractivity contribution < 1.29 is 4.79 Å². The lowest BCUT2D eigenvalue weighted by Gasteiger charge is -2.37. The lowest BCUT2D eigenvalue weighted by atomic mass is 10.0. The van der Waals surface area contributed by atoms with E-state index in [-0.39, 0.29) is 5.91 Å². The summed E-state index contributed by atoms with van der Waals surface area (Å²) in [6, 6.07) is 7.09. The minimum Gasteiger partial charge on any atom is -0.370 e. The van der Waals surface area contributed by atoms with Gasteiger partial charge in [0.05, 0.1) is 11.4 Å². The lowest BCUT2D eigenvalue weighted by molar-refractivity contribution is -0.114. The summed E-state index contributed by atoms with van der Waals surface area (Å²) in [4.78, 5) is 16.2. The molecule has 0 atom stereocenters. The molecule has 0 aliphatic carbocycles. The fourth-order valence-corrected chi connectivity index (χ4v) is 2.99. The van der Waals surface area contributed by atoms with Crippen molar-refractivity contribution in [1.82, 2.24) is 4.90 Å². The minimum atomic E-state index is -0.00678. The molecule has 1 heterocycles. The Labute approximate surface area is 128 Å². The third-order valence-corrected chi connectivity index (χ3v) is 4.32. The number of hydrogen-bond donors (Lipinski definition) is 1. The van der Waals surface area contributed by atoms with Gasteiger partial charge in [0.1, 0.15) is 0 Å². The van der Waals surface area contributed by atoms with Crippen molar-refractivity contribution in [3.05, 3.63) is 23.8 Å². The van der Waals surface area contributed by atoms with Crippen molar-refractivity contribution in [3.8, 4) is 0 Å². The van der Waals surface area contributed by atoms with Gasteiger partial charge in [-0.2, -0.15) is 0 Å². The van der Waals surface area contributed by atoms with Crippen LogP contribution in [0.2, 0.25) is 0 Å². The van der Waals surface area contributed by atoms with Gasteiger partial charge in [0.15, 0.2) is 0 Å². The van der Waals surface area contributed by atoms with E-state index in [0.717, 1.165) is 30.9 Å². The molecule has 1 aromatic carbocycles. The van der Waals surface area contributed by atoms with Gasteiger partial charge in [0, 0.05) is 26.1 Å². The maximum atomic E-state index is 11.5. The molecule has 1 aliphatic heterocycles. The SMILES string of the molecule is CCc1ccc(N2CCC(N(C)C)CC2)c(NC(C)=O)c1. The van der Waals surface area contributed by atoms with Crippen LogP contribution in [0.25, 0.3) is 0 Å². The van der Waals surface area contributed by atoms with Crippen LogP contribution in [-0.2, 0) is 11.2 Å². The average molecular weight is 289 g/mol. The molecule has 4 heteroatoms. The number of rotatable bonds is 4. The molecule has 0 radical (unpaired) electrons. The van der Waals surface area contributed by atoms with E-state index in [9.17, 15) is 4.79 Å². The maximum Gasteiger partial charge on any atom is 0.221 e. The van der Waals surface area contributed by atoms with Crippen molar-refractivity contribution >= 4 is 17.3 Å². The monoisotopic (exact) mass is 289 g/mol. The summed E-state index contributed by atoms with van der Waals surface area (Å²) in [6.07, 6.45) is 3.32. The molecule has 21 heavy (non-hydrogen) atoms. The van der Waals surface area contributed by atoms with E-state index >= 15 is 0 Å².